The molecule has 4 heteroatoms. The zero-order valence-electron chi connectivity index (χ0n) is 12.4. The van der Waals surface area contributed by atoms with Crippen LogP contribution in [0.3, 0.4) is 0 Å². The Kier molecular flexibility index (Phi) is 3.42. The van der Waals surface area contributed by atoms with Gasteiger partial charge >= 0.3 is 0 Å². The van der Waals surface area contributed by atoms with Crippen molar-refractivity contribution >= 4 is 5.69 Å². The first-order valence-corrected chi connectivity index (χ1v) is 8.27. The highest BCUT2D eigenvalue weighted by atomic mass is 16.3. The number of piperidine rings is 2. The number of nitroso groups, excluding NO2 is 1. The summed E-state index contributed by atoms with van der Waals surface area (Å²) in [6.07, 6.45) is 4.90. The Morgan fingerprint density at radius 2 is 2.19 bits per heavy atom. The zero-order valence-corrected chi connectivity index (χ0v) is 12.4. The van der Waals surface area contributed by atoms with Gasteiger partial charge in [0.2, 0.25) is 0 Å². The van der Waals surface area contributed by atoms with Gasteiger partial charge in [-0.1, -0.05) is 29.8 Å². The quantitative estimate of drug-likeness (QED) is 0.867. The normalized spacial score (nSPS) is 34.5. The van der Waals surface area contributed by atoms with E-state index in [0.29, 0.717) is 30.5 Å². The molecule has 0 amide bonds. The summed E-state index contributed by atoms with van der Waals surface area (Å²) < 4.78 is 0. The van der Waals surface area contributed by atoms with Gasteiger partial charge in [0.05, 0.1) is 6.54 Å². The predicted molar refractivity (Wildman–Crippen MR) is 84.6 cm³/mol. The Labute approximate surface area is 125 Å². The molecule has 4 unspecified atom stereocenters. The summed E-state index contributed by atoms with van der Waals surface area (Å²) in [4.78, 5) is 13.3. The third-order valence-corrected chi connectivity index (χ3v) is 5.68. The van der Waals surface area contributed by atoms with Gasteiger partial charge in [-0.25, -0.2) is 0 Å². The number of nitrogens with zero attached hydrogens (tertiary/aromatic N) is 2. The maximum Gasteiger partial charge on any atom is 0.0814 e. The molecule has 0 saturated carbocycles. The largest absolute Gasteiger partial charge is 0.380 e. The molecule has 3 heterocycles. The third kappa shape index (κ3) is 2.16. The van der Waals surface area contributed by atoms with Crippen molar-refractivity contribution in [3.8, 4) is 0 Å². The van der Waals surface area contributed by atoms with Gasteiger partial charge in [-0.05, 0) is 43.4 Å². The maximum atomic E-state index is 10.6. The monoisotopic (exact) mass is 285 g/mol. The highest BCUT2D eigenvalue weighted by molar-refractivity contribution is 5.60. The van der Waals surface area contributed by atoms with Crippen LogP contribution >= 0.6 is 0 Å². The Morgan fingerprint density at radius 1 is 1.29 bits per heavy atom. The van der Waals surface area contributed by atoms with Crippen LogP contribution in [0.1, 0.15) is 37.2 Å². The Morgan fingerprint density at radius 3 is 3.10 bits per heavy atom. The van der Waals surface area contributed by atoms with Crippen molar-refractivity contribution in [3.05, 3.63) is 34.7 Å². The summed E-state index contributed by atoms with van der Waals surface area (Å²) in [5, 5.41) is 6.91. The fraction of sp³-hybridized carbons (Fsp3) is 0.647. The van der Waals surface area contributed by atoms with Gasteiger partial charge in [0.1, 0.15) is 0 Å². The number of hydrogen-bond acceptors (Lipinski definition) is 4. The van der Waals surface area contributed by atoms with Crippen molar-refractivity contribution < 1.29 is 0 Å². The lowest BCUT2D eigenvalue weighted by Gasteiger charge is -2.49. The van der Waals surface area contributed by atoms with Crippen molar-refractivity contribution in [3.63, 3.8) is 0 Å². The van der Waals surface area contributed by atoms with Gasteiger partial charge < -0.3 is 5.32 Å². The molecule has 0 spiro atoms. The predicted octanol–water partition coefficient (Wildman–Crippen LogP) is 3.21. The first kappa shape index (κ1) is 13.3. The van der Waals surface area contributed by atoms with Gasteiger partial charge in [0, 0.05) is 30.2 Å². The van der Waals surface area contributed by atoms with Crippen LogP contribution in [0.15, 0.2) is 29.4 Å². The number of hydrogen-bond donors (Lipinski definition) is 1. The van der Waals surface area contributed by atoms with E-state index >= 15 is 0 Å². The fourth-order valence-corrected chi connectivity index (χ4v) is 4.82. The maximum absolute atomic E-state index is 10.6. The van der Waals surface area contributed by atoms with Crippen LogP contribution in [0, 0.1) is 10.8 Å². The molecule has 4 nitrogen and oxygen atoms in total. The summed E-state index contributed by atoms with van der Waals surface area (Å²) >= 11 is 0. The minimum Gasteiger partial charge on any atom is -0.380 e. The van der Waals surface area contributed by atoms with E-state index in [-0.39, 0.29) is 0 Å². The number of para-hydroxylation sites is 1. The van der Waals surface area contributed by atoms with Crippen molar-refractivity contribution in [1.82, 2.24) is 4.90 Å². The summed E-state index contributed by atoms with van der Waals surface area (Å²) in [5.41, 5.74) is 2.77. The van der Waals surface area contributed by atoms with Crippen molar-refractivity contribution in [2.45, 2.75) is 43.7 Å². The van der Waals surface area contributed by atoms with Gasteiger partial charge in [-0.3, -0.25) is 4.90 Å². The van der Waals surface area contributed by atoms with E-state index in [2.05, 4.69) is 39.7 Å². The molecule has 1 N–H and O–H groups in total. The number of nitrogens with one attached hydrogen (secondary N) is 1. The molecule has 3 aliphatic heterocycles. The van der Waals surface area contributed by atoms with Crippen LogP contribution in [0.5, 0.6) is 0 Å². The second-order valence-corrected chi connectivity index (χ2v) is 6.74. The lowest BCUT2D eigenvalue weighted by Crippen LogP contribution is -2.57. The Hall–Kier alpha value is -1.42. The number of anilines is 1. The molecular formula is C17H23N3O. The molecule has 2 saturated heterocycles. The highest BCUT2D eigenvalue weighted by Gasteiger charge is 2.48. The summed E-state index contributed by atoms with van der Waals surface area (Å²) in [6.45, 7) is 2.81. The van der Waals surface area contributed by atoms with Gasteiger partial charge in [-0.15, -0.1) is 0 Å². The lowest BCUT2D eigenvalue weighted by atomic mass is 9.73. The van der Waals surface area contributed by atoms with Crippen molar-refractivity contribution in [2.75, 3.05) is 25.0 Å². The van der Waals surface area contributed by atoms with E-state index in [1.54, 1.807) is 0 Å². The molecular weight excluding hydrogens is 262 g/mol. The standard InChI is InChI=1S/C17H23N3O/c21-18-9-8-12-11-20-10-4-3-7-15(20)17-16(12)13-5-1-2-6-14(13)19-17/h1-2,5-6,12,15-17,19H,3-4,7-11H2. The molecule has 2 fully saturated rings. The molecule has 0 aliphatic carbocycles. The minimum atomic E-state index is 0.453. The molecule has 1 aromatic rings. The number of benzene rings is 1. The summed E-state index contributed by atoms with van der Waals surface area (Å²) in [7, 11) is 0. The van der Waals surface area contributed by atoms with Gasteiger partial charge in [-0.2, -0.15) is 4.91 Å². The molecule has 1 aromatic carbocycles. The topological polar surface area (TPSA) is 44.7 Å². The van der Waals surface area contributed by atoms with Crippen molar-refractivity contribution in [2.24, 2.45) is 11.1 Å². The second-order valence-electron chi connectivity index (χ2n) is 6.74. The molecule has 0 bridgehead atoms. The van der Waals surface area contributed by atoms with Gasteiger partial charge in [0.15, 0.2) is 0 Å². The molecule has 0 aromatic heterocycles. The summed E-state index contributed by atoms with van der Waals surface area (Å²) in [6, 6.07) is 9.92. The van der Waals surface area contributed by atoms with E-state index < -0.39 is 0 Å². The van der Waals surface area contributed by atoms with Crippen LogP contribution in [-0.4, -0.2) is 36.6 Å². The Bertz CT molecular complexity index is 533. The third-order valence-electron chi connectivity index (χ3n) is 5.68. The van der Waals surface area contributed by atoms with Crippen LogP contribution in [-0.2, 0) is 0 Å². The van der Waals surface area contributed by atoms with E-state index in [9.17, 15) is 4.91 Å². The van der Waals surface area contributed by atoms with E-state index in [0.717, 1.165) is 13.0 Å². The van der Waals surface area contributed by atoms with Crippen LogP contribution in [0.2, 0.25) is 0 Å². The SMILES string of the molecule is O=NCCC1CN2CCCCC2C2Nc3ccccc3C12. The molecule has 4 rings (SSSR count). The Balaban J connectivity index is 1.67. The first-order valence-electron chi connectivity index (χ1n) is 8.27. The van der Waals surface area contributed by atoms with E-state index in [1.165, 1.54) is 37.1 Å². The number of fused-ring (bicyclic) bond motifs is 5. The molecule has 4 atom stereocenters. The first-order chi connectivity index (χ1) is 10.4. The molecule has 21 heavy (non-hydrogen) atoms. The van der Waals surface area contributed by atoms with Crippen LogP contribution in [0.4, 0.5) is 5.69 Å². The van der Waals surface area contributed by atoms with Crippen LogP contribution < -0.4 is 5.32 Å². The number of rotatable bonds is 3. The van der Waals surface area contributed by atoms with E-state index in [1.807, 2.05) is 0 Å². The lowest BCUT2D eigenvalue weighted by molar-refractivity contribution is 0.0513. The van der Waals surface area contributed by atoms with Gasteiger partial charge in [0.25, 0.3) is 0 Å². The fourth-order valence-electron chi connectivity index (χ4n) is 4.82. The second kappa shape index (κ2) is 5.41. The molecule has 0 radical (unpaired) electrons. The smallest absolute Gasteiger partial charge is 0.0814 e. The van der Waals surface area contributed by atoms with Crippen LogP contribution in [0.25, 0.3) is 0 Å². The van der Waals surface area contributed by atoms with E-state index in [4.69, 9.17) is 0 Å². The molecule has 3 aliphatic rings. The summed E-state index contributed by atoms with van der Waals surface area (Å²) in [5.74, 6) is 1.11. The highest BCUT2D eigenvalue weighted by Crippen LogP contribution is 2.48. The average molecular weight is 285 g/mol. The zero-order chi connectivity index (χ0) is 14.2. The average Bonchev–Trinajstić information content (AvgIpc) is 2.92. The minimum absolute atomic E-state index is 0.453. The molecule has 112 valence electrons. The van der Waals surface area contributed by atoms with Crippen molar-refractivity contribution in [1.29, 1.82) is 0 Å².